The Balaban J connectivity index is 1.79. The summed E-state index contributed by atoms with van der Waals surface area (Å²) in [5.41, 5.74) is 0.934. The third-order valence-electron chi connectivity index (χ3n) is 5.49. The van der Waals surface area contributed by atoms with Crippen molar-refractivity contribution < 1.29 is 19.4 Å². The van der Waals surface area contributed by atoms with Crippen LogP contribution in [0.25, 0.3) is 0 Å². The van der Waals surface area contributed by atoms with Gasteiger partial charge in [-0.25, -0.2) is 0 Å². The summed E-state index contributed by atoms with van der Waals surface area (Å²) < 4.78 is 5.48. The van der Waals surface area contributed by atoms with E-state index in [1.165, 1.54) is 6.42 Å². The summed E-state index contributed by atoms with van der Waals surface area (Å²) in [5, 5.41) is 12.3. The Labute approximate surface area is 142 Å². The molecule has 130 valence electrons. The maximum atomic E-state index is 13.0. The van der Waals surface area contributed by atoms with Crippen LogP contribution in [0.1, 0.15) is 51.0 Å². The second-order valence-corrected chi connectivity index (χ2v) is 7.20. The number of benzene rings is 1. The molecule has 5 nitrogen and oxygen atoms in total. The molecule has 1 amide bonds. The summed E-state index contributed by atoms with van der Waals surface area (Å²) in [7, 11) is 0. The van der Waals surface area contributed by atoms with E-state index in [4.69, 9.17) is 4.74 Å². The highest BCUT2D eigenvalue weighted by Crippen LogP contribution is 2.42. The van der Waals surface area contributed by atoms with Gasteiger partial charge >= 0.3 is 5.97 Å². The summed E-state index contributed by atoms with van der Waals surface area (Å²) >= 11 is 0. The van der Waals surface area contributed by atoms with Crippen molar-refractivity contribution in [2.24, 2.45) is 11.3 Å². The molecule has 2 aliphatic rings. The molecule has 1 fully saturated rings. The van der Waals surface area contributed by atoms with Crippen molar-refractivity contribution in [1.29, 1.82) is 0 Å². The molecule has 1 aliphatic carbocycles. The topological polar surface area (TPSA) is 75.6 Å². The average molecular weight is 331 g/mol. The SMILES string of the molecule is CC(CC(=O)O)(C(=O)Nc1ccc2c(c1)CCO2)C1CCCCC1. The Bertz CT molecular complexity index is 636. The molecule has 5 heteroatoms. The van der Waals surface area contributed by atoms with Crippen LogP contribution in [-0.4, -0.2) is 23.6 Å². The van der Waals surface area contributed by atoms with Crippen LogP contribution in [0.15, 0.2) is 18.2 Å². The summed E-state index contributed by atoms with van der Waals surface area (Å²) in [6, 6.07) is 5.62. The molecular formula is C19H25NO4. The number of carbonyl (C=O) groups is 2. The van der Waals surface area contributed by atoms with E-state index < -0.39 is 11.4 Å². The van der Waals surface area contributed by atoms with Crippen LogP contribution in [0, 0.1) is 11.3 Å². The zero-order chi connectivity index (χ0) is 17.2. The van der Waals surface area contributed by atoms with Crippen molar-refractivity contribution in [1.82, 2.24) is 0 Å². The number of rotatable bonds is 5. The summed E-state index contributed by atoms with van der Waals surface area (Å²) in [6.45, 7) is 2.48. The van der Waals surface area contributed by atoms with Crippen molar-refractivity contribution in [3.8, 4) is 5.75 Å². The fourth-order valence-corrected chi connectivity index (χ4v) is 4.00. The van der Waals surface area contributed by atoms with Gasteiger partial charge in [-0.15, -0.1) is 0 Å². The van der Waals surface area contributed by atoms with Gasteiger partial charge in [0, 0.05) is 12.1 Å². The van der Waals surface area contributed by atoms with E-state index in [1.54, 1.807) is 0 Å². The highest BCUT2D eigenvalue weighted by atomic mass is 16.5. The molecule has 0 spiro atoms. The third kappa shape index (κ3) is 3.40. The number of anilines is 1. The number of carbonyl (C=O) groups excluding carboxylic acids is 1. The third-order valence-corrected chi connectivity index (χ3v) is 5.49. The number of amides is 1. The fraction of sp³-hybridized carbons (Fsp3) is 0.579. The number of aliphatic carboxylic acids is 1. The predicted octanol–water partition coefficient (Wildman–Crippen LogP) is 3.62. The van der Waals surface area contributed by atoms with Gasteiger partial charge in [-0.2, -0.15) is 0 Å². The molecule has 1 atom stereocenters. The Morgan fingerprint density at radius 2 is 2.04 bits per heavy atom. The van der Waals surface area contributed by atoms with E-state index >= 15 is 0 Å². The average Bonchev–Trinajstić information content (AvgIpc) is 3.02. The highest BCUT2D eigenvalue weighted by molar-refractivity contribution is 5.97. The molecule has 0 aromatic heterocycles. The van der Waals surface area contributed by atoms with Crippen molar-refractivity contribution in [3.63, 3.8) is 0 Å². The van der Waals surface area contributed by atoms with E-state index in [0.717, 1.165) is 49.1 Å². The van der Waals surface area contributed by atoms with Crippen LogP contribution >= 0.6 is 0 Å². The lowest BCUT2D eigenvalue weighted by molar-refractivity contribution is -0.145. The van der Waals surface area contributed by atoms with Gasteiger partial charge in [-0.3, -0.25) is 9.59 Å². The van der Waals surface area contributed by atoms with E-state index in [-0.39, 0.29) is 18.2 Å². The lowest BCUT2D eigenvalue weighted by Crippen LogP contribution is -2.42. The monoisotopic (exact) mass is 331 g/mol. The van der Waals surface area contributed by atoms with Crippen molar-refractivity contribution in [2.75, 3.05) is 11.9 Å². The predicted molar refractivity (Wildman–Crippen MR) is 91.2 cm³/mol. The first-order valence-electron chi connectivity index (χ1n) is 8.78. The molecule has 1 saturated carbocycles. The normalized spacial score (nSPS) is 19.9. The first kappa shape index (κ1) is 16.8. The maximum Gasteiger partial charge on any atom is 0.304 e. The number of hydrogen-bond acceptors (Lipinski definition) is 3. The Hall–Kier alpha value is -2.04. The zero-order valence-electron chi connectivity index (χ0n) is 14.1. The quantitative estimate of drug-likeness (QED) is 0.864. The molecule has 1 heterocycles. The van der Waals surface area contributed by atoms with Gasteiger partial charge in [0.15, 0.2) is 0 Å². The highest BCUT2D eigenvalue weighted by Gasteiger charge is 2.43. The van der Waals surface area contributed by atoms with Crippen LogP contribution in [0.4, 0.5) is 5.69 Å². The zero-order valence-corrected chi connectivity index (χ0v) is 14.1. The molecular weight excluding hydrogens is 306 g/mol. The summed E-state index contributed by atoms with van der Waals surface area (Å²) in [5.74, 6) is -0.107. The van der Waals surface area contributed by atoms with Crippen LogP contribution in [0.5, 0.6) is 5.75 Å². The first-order valence-corrected chi connectivity index (χ1v) is 8.78. The first-order chi connectivity index (χ1) is 11.5. The van der Waals surface area contributed by atoms with Gasteiger partial charge in [0.25, 0.3) is 0 Å². The maximum absolute atomic E-state index is 13.0. The second-order valence-electron chi connectivity index (χ2n) is 7.20. The van der Waals surface area contributed by atoms with Gasteiger partial charge in [-0.05, 0) is 49.4 Å². The van der Waals surface area contributed by atoms with E-state index in [9.17, 15) is 14.7 Å². The minimum Gasteiger partial charge on any atom is -0.493 e. The lowest BCUT2D eigenvalue weighted by Gasteiger charge is -2.37. The van der Waals surface area contributed by atoms with E-state index in [1.807, 2.05) is 25.1 Å². The smallest absolute Gasteiger partial charge is 0.304 e. The van der Waals surface area contributed by atoms with Gasteiger partial charge < -0.3 is 15.2 Å². The van der Waals surface area contributed by atoms with Crippen molar-refractivity contribution in [3.05, 3.63) is 23.8 Å². The van der Waals surface area contributed by atoms with Crippen molar-refractivity contribution in [2.45, 2.75) is 51.9 Å². The standard InChI is InChI=1S/C19H25NO4/c1-19(12-17(21)22,14-5-3-2-4-6-14)18(23)20-15-7-8-16-13(11-15)9-10-24-16/h7-8,11,14H,2-6,9-10,12H2,1H3,(H,20,23)(H,21,22). The molecule has 3 rings (SSSR count). The molecule has 1 aliphatic heterocycles. The van der Waals surface area contributed by atoms with Gasteiger partial charge in [0.1, 0.15) is 5.75 Å². The molecule has 1 aromatic rings. The minimum absolute atomic E-state index is 0.125. The second kappa shape index (κ2) is 6.83. The van der Waals surface area contributed by atoms with Crippen LogP contribution < -0.4 is 10.1 Å². The summed E-state index contributed by atoms with van der Waals surface area (Å²) in [6.07, 6.45) is 5.88. The Kier molecular flexibility index (Phi) is 4.78. The van der Waals surface area contributed by atoms with Gasteiger partial charge in [0.05, 0.1) is 18.4 Å². The van der Waals surface area contributed by atoms with E-state index in [0.29, 0.717) is 6.61 Å². The van der Waals surface area contributed by atoms with E-state index in [2.05, 4.69) is 5.32 Å². The summed E-state index contributed by atoms with van der Waals surface area (Å²) in [4.78, 5) is 24.3. The van der Waals surface area contributed by atoms with Gasteiger partial charge in [-0.1, -0.05) is 19.3 Å². The van der Waals surface area contributed by atoms with Crippen LogP contribution in [-0.2, 0) is 16.0 Å². The number of nitrogens with one attached hydrogen (secondary N) is 1. The number of fused-ring (bicyclic) bond motifs is 1. The number of hydrogen-bond donors (Lipinski definition) is 2. The number of carboxylic acid groups (broad SMARTS) is 1. The molecule has 24 heavy (non-hydrogen) atoms. The lowest BCUT2D eigenvalue weighted by atomic mass is 9.67. The molecule has 1 unspecified atom stereocenters. The largest absolute Gasteiger partial charge is 0.493 e. The molecule has 0 bridgehead atoms. The van der Waals surface area contributed by atoms with Crippen LogP contribution in [0.3, 0.4) is 0 Å². The minimum atomic E-state index is -0.916. The number of carboxylic acids is 1. The van der Waals surface area contributed by atoms with Crippen LogP contribution in [0.2, 0.25) is 0 Å². The number of ether oxygens (including phenoxy) is 1. The molecule has 0 radical (unpaired) electrons. The van der Waals surface area contributed by atoms with Crippen molar-refractivity contribution >= 4 is 17.6 Å². The Morgan fingerprint density at radius 1 is 1.29 bits per heavy atom. The van der Waals surface area contributed by atoms with Gasteiger partial charge in [0.2, 0.25) is 5.91 Å². The molecule has 2 N–H and O–H groups in total. The fourth-order valence-electron chi connectivity index (χ4n) is 4.00. The molecule has 1 aromatic carbocycles. The molecule has 0 saturated heterocycles. The Morgan fingerprint density at radius 3 is 2.75 bits per heavy atom.